The van der Waals surface area contributed by atoms with Gasteiger partial charge in [-0.3, -0.25) is 9.59 Å². The monoisotopic (exact) mass is 478 g/mol. The van der Waals surface area contributed by atoms with E-state index in [-0.39, 0.29) is 17.7 Å². The maximum absolute atomic E-state index is 12.7. The minimum Gasteiger partial charge on any atom is -0.338 e. The van der Waals surface area contributed by atoms with Crippen LogP contribution in [-0.4, -0.2) is 43.7 Å². The van der Waals surface area contributed by atoms with Gasteiger partial charge in [-0.25, -0.2) is 8.42 Å². The second-order valence-electron chi connectivity index (χ2n) is 8.31. The van der Waals surface area contributed by atoms with Crippen LogP contribution in [0.15, 0.2) is 84.9 Å². The maximum Gasteiger partial charge on any atom is 0.255 e. The van der Waals surface area contributed by atoms with Gasteiger partial charge in [0.05, 0.1) is 11.8 Å². The number of sulfone groups is 1. The van der Waals surface area contributed by atoms with Crippen LogP contribution in [0, 0.1) is 0 Å². The third-order valence-corrected chi connectivity index (χ3v) is 7.34. The molecule has 0 aliphatic heterocycles. The number of carbonyl (C=O) groups is 2. The minimum atomic E-state index is -3.51. The van der Waals surface area contributed by atoms with Gasteiger partial charge in [0, 0.05) is 18.3 Å². The number of aryl methyl sites for hydroxylation is 1. The molecule has 1 atom stereocenters. The highest BCUT2D eigenvalue weighted by Crippen LogP contribution is 2.23. The van der Waals surface area contributed by atoms with Gasteiger partial charge >= 0.3 is 0 Å². The molecule has 0 aromatic heterocycles. The van der Waals surface area contributed by atoms with E-state index in [1.807, 2.05) is 49.4 Å². The molecule has 0 bridgehead atoms. The Balaban J connectivity index is 1.57. The average molecular weight is 479 g/mol. The fraction of sp³-hybridized carbons (Fsp3) is 0.259. The Morgan fingerprint density at radius 3 is 2.24 bits per heavy atom. The summed E-state index contributed by atoms with van der Waals surface area (Å²) in [5, 5.41) is 2.86. The van der Waals surface area contributed by atoms with Gasteiger partial charge in [0.2, 0.25) is 5.91 Å². The van der Waals surface area contributed by atoms with Gasteiger partial charge in [0.1, 0.15) is 5.75 Å². The van der Waals surface area contributed by atoms with Crippen LogP contribution < -0.4 is 5.32 Å². The second-order valence-corrected chi connectivity index (χ2v) is 10.5. The summed E-state index contributed by atoms with van der Waals surface area (Å²) in [4.78, 5) is 26.6. The van der Waals surface area contributed by atoms with Gasteiger partial charge in [-0.1, -0.05) is 60.7 Å². The van der Waals surface area contributed by atoms with Gasteiger partial charge in [0.15, 0.2) is 9.84 Å². The van der Waals surface area contributed by atoms with Crippen LogP contribution in [0.5, 0.6) is 0 Å². The molecule has 34 heavy (non-hydrogen) atoms. The highest BCUT2D eigenvalue weighted by atomic mass is 32.2. The molecule has 0 saturated heterocycles. The summed E-state index contributed by atoms with van der Waals surface area (Å²) in [7, 11) is -1.92. The number of hydrogen-bond acceptors (Lipinski definition) is 4. The average Bonchev–Trinajstić information content (AvgIpc) is 2.84. The number of rotatable bonds is 10. The zero-order chi connectivity index (χ0) is 24.6. The van der Waals surface area contributed by atoms with Gasteiger partial charge in [-0.05, 0) is 55.2 Å². The van der Waals surface area contributed by atoms with Gasteiger partial charge in [-0.15, -0.1) is 0 Å². The third-order valence-electron chi connectivity index (χ3n) is 5.74. The molecular weight excluding hydrogens is 448 g/mol. The van der Waals surface area contributed by atoms with Crippen molar-refractivity contribution in [3.63, 3.8) is 0 Å². The molecule has 0 fully saturated rings. The van der Waals surface area contributed by atoms with Crippen LogP contribution in [0.25, 0.3) is 0 Å². The first-order valence-corrected chi connectivity index (χ1v) is 13.0. The van der Waals surface area contributed by atoms with Crippen LogP contribution in [0.1, 0.15) is 40.9 Å². The molecule has 0 radical (unpaired) electrons. The molecule has 3 rings (SSSR count). The molecule has 0 heterocycles. The lowest BCUT2D eigenvalue weighted by Gasteiger charge is -2.26. The van der Waals surface area contributed by atoms with E-state index in [1.54, 1.807) is 49.5 Å². The molecular formula is C27H30N2O4S. The number of amides is 2. The normalized spacial score (nSPS) is 12.1. The van der Waals surface area contributed by atoms with E-state index in [0.29, 0.717) is 24.1 Å². The zero-order valence-electron chi connectivity index (χ0n) is 19.5. The Bertz CT molecular complexity index is 1210. The topological polar surface area (TPSA) is 83.6 Å². The Morgan fingerprint density at radius 1 is 0.912 bits per heavy atom. The summed E-state index contributed by atoms with van der Waals surface area (Å²) in [5.41, 5.74) is 3.02. The van der Waals surface area contributed by atoms with Gasteiger partial charge < -0.3 is 10.2 Å². The Morgan fingerprint density at radius 2 is 1.56 bits per heavy atom. The molecule has 0 aliphatic rings. The minimum absolute atomic E-state index is 0.0309. The van der Waals surface area contributed by atoms with Crippen LogP contribution in [0.2, 0.25) is 0 Å². The number of benzene rings is 3. The van der Waals surface area contributed by atoms with Crippen LogP contribution in [-0.2, 0) is 21.1 Å². The molecule has 7 heteroatoms. The largest absolute Gasteiger partial charge is 0.338 e. The summed E-state index contributed by atoms with van der Waals surface area (Å²) >= 11 is 0. The first-order chi connectivity index (χ1) is 16.2. The smallest absolute Gasteiger partial charge is 0.255 e. The van der Waals surface area contributed by atoms with E-state index in [4.69, 9.17) is 0 Å². The molecule has 6 nitrogen and oxygen atoms in total. The van der Waals surface area contributed by atoms with E-state index >= 15 is 0 Å². The lowest BCUT2D eigenvalue weighted by molar-refractivity contribution is -0.129. The predicted molar refractivity (Wildman–Crippen MR) is 135 cm³/mol. The molecule has 0 spiro atoms. The quantitative estimate of drug-likeness (QED) is 0.465. The molecule has 2 amide bonds. The number of hydrogen-bond donors (Lipinski definition) is 1. The van der Waals surface area contributed by atoms with E-state index in [2.05, 4.69) is 5.32 Å². The molecule has 1 N–H and O–H groups in total. The van der Waals surface area contributed by atoms with E-state index < -0.39 is 21.5 Å². The van der Waals surface area contributed by atoms with Crippen LogP contribution >= 0.6 is 0 Å². The SMILES string of the molecule is CC(c1cccc(NC(=O)c2ccccc2)c1)N(C)C(=O)CS(=O)(=O)CCCc1ccccc1. The molecule has 0 aliphatic carbocycles. The fourth-order valence-corrected chi connectivity index (χ4v) is 4.92. The Labute approximate surface area is 201 Å². The molecule has 1 unspecified atom stereocenters. The first-order valence-electron chi connectivity index (χ1n) is 11.2. The van der Waals surface area contributed by atoms with E-state index in [9.17, 15) is 18.0 Å². The van der Waals surface area contributed by atoms with Crippen molar-refractivity contribution in [2.45, 2.75) is 25.8 Å². The highest BCUT2D eigenvalue weighted by molar-refractivity contribution is 7.92. The second kappa shape index (κ2) is 11.6. The van der Waals surface area contributed by atoms with Crippen molar-refractivity contribution in [1.82, 2.24) is 4.90 Å². The molecule has 3 aromatic rings. The van der Waals surface area contributed by atoms with E-state index in [1.165, 1.54) is 4.90 Å². The molecule has 3 aromatic carbocycles. The van der Waals surface area contributed by atoms with Crippen molar-refractivity contribution in [1.29, 1.82) is 0 Å². The van der Waals surface area contributed by atoms with Crippen molar-refractivity contribution < 1.29 is 18.0 Å². The maximum atomic E-state index is 12.7. The summed E-state index contributed by atoms with van der Waals surface area (Å²) < 4.78 is 25.0. The molecule has 178 valence electrons. The number of carbonyl (C=O) groups excluding carboxylic acids is 2. The van der Waals surface area contributed by atoms with Crippen molar-refractivity contribution in [2.24, 2.45) is 0 Å². The number of anilines is 1. The lowest BCUT2D eigenvalue weighted by atomic mass is 10.1. The summed E-state index contributed by atoms with van der Waals surface area (Å²) in [6.07, 6.45) is 1.13. The Kier molecular flexibility index (Phi) is 8.60. The first kappa shape index (κ1) is 25.2. The van der Waals surface area contributed by atoms with Gasteiger partial charge in [0.25, 0.3) is 5.91 Å². The predicted octanol–water partition coefficient (Wildman–Crippen LogP) is 4.51. The van der Waals surface area contributed by atoms with Crippen molar-refractivity contribution in [3.8, 4) is 0 Å². The van der Waals surface area contributed by atoms with Crippen LogP contribution in [0.4, 0.5) is 5.69 Å². The third kappa shape index (κ3) is 7.28. The summed E-state index contributed by atoms with van der Waals surface area (Å²) in [6, 6.07) is 25.4. The zero-order valence-corrected chi connectivity index (χ0v) is 20.3. The number of nitrogens with one attached hydrogen (secondary N) is 1. The van der Waals surface area contributed by atoms with Gasteiger partial charge in [-0.2, -0.15) is 0 Å². The van der Waals surface area contributed by atoms with E-state index in [0.717, 1.165) is 11.1 Å². The summed E-state index contributed by atoms with van der Waals surface area (Å²) in [6.45, 7) is 1.83. The van der Waals surface area contributed by atoms with Crippen molar-refractivity contribution >= 4 is 27.3 Å². The number of nitrogens with zero attached hydrogens (tertiary/aromatic N) is 1. The standard InChI is InChI=1S/C27H30N2O4S/c1-21(24-16-9-17-25(19-24)28-27(31)23-14-7-4-8-15-23)29(2)26(30)20-34(32,33)18-10-13-22-11-5-3-6-12-22/h3-9,11-12,14-17,19,21H,10,13,18,20H2,1-2H3,(H,28,31). The summed E-state index contributed by atoms with van der Waals surface area (Å²) in [5.74, 6) is -1.23. The molecule has 0 saturated carbocycles. The van der Waals surface area contributed by atoms with Crippen LogP contribution in [0.3, 0.4) is 0 Å². The Hall–Kier alpha value is -3.45. The highest BCUT2D eigenvalue weighted by Gasteiger charge is 2.23. The van der Waals surface area contributed by atoms with Crippen molar-refractivity contribution in [2.75, 3.05) is 23.9 Å². The van der Waals surface area contributed by atoms with Crippen molar-refractivity contribution in [3.05, 3.63) is 102 Å². The lowest BCUT2D eigenvalue weighted by Crippen LogP contribution is -2.35. The fourth-order valence-electron chi connectivity index (χ4n) is 3.61.